The number of pyridine rings is 1. The number of nitrogens with one attached hydrogen (secondary N) is 1. The number of amides is 1. The predicted octanol–water partition coefficient (Wildman–Crippen LogP) is 2.96. The number of carbonyl (C=O) groups excluding carboxylic acids is 2. The van der Waals surface area contributed by atoms with E-state index in [1.54, 1.807) is 31.5 Å². The predicted molar refractivity (Wildman–Crippen MR) is 98.0 cm³/mol. The van der Waals surface area contributed by atoms with Crippen LogP contribution in [0.5, 0.6) is 5.75 Å². The second-order valence-electron chi connectivity index (χ2n) is 6.24. The van der Waals surface area contributed by atoms with Gasteiger partial charge in [-0.3, -0.25) is 14.6 Å². The first-order valence-corrected chi connectivity index (χ1v) is 8.41. The third-order valence-corrected chi connectivity index (χ3v) is 3.91. The van der Waals surface area contributed by atoms with Gasteiger partial charge in [0.1, 0.15) is 12.4 Å². The molecule has 2 aromatic rings. The maximum atomic E-state index is 12.4. The highest BCUT2D eigenvalue weighted by atomic mass is 16.5. The molecular weight excluding hydrogens is 332 g/mol. The Kier molecular flexibility index (Phi) is 6.72. The highest BCUT2D eigenvalue weighted by molar-refractivity contribution is 5.95. The Hall–Kier alpha value is -2.89. The van der Waals surface area contributed by atoms with Gasteiger partial charge in [0.2, 0.25) is 0 Å². The minimum Gasteiger partial charge on any atom is -0.488 e. The van der Waals surface area contributed by atoms with E-state index in [4.69, 9.17) is 4.74 Å². The molecular formula is C20H24N2O4. The summed E-state index contributed by atoms with van der Waals surface area (Å²) in [5, 5.41) is 2.80. The molecule has 1 atom stereocenters. The fraction of sp³-hybridized carbons (Fsp3) is 0.350. The van der Waals surface area contributed by atoms with Crippen LogP contribution in [0.3, 0.4) is 0 Å². The van der Waals surface area contributed by atoms with Gasteiger partial charge in [-0.15, -0.1) is 0 Å². The summed E-state index contributed by atoms with van der Waals surface area (Å²) in [6, 6.07) is 7.07. The Bertz CT molecular complexity index is 752. The Morgan fingerprint density at radius 2 is 1.92 bits per heavy atom. The van der Waals surface area contributed by atoms with Gasteiger partial charge < -0.3 is 14.8 Å². The Balaban J connectivity index is 2.05. The Labute approximate surface area is 153 Å². The van der Waals surface area contributed by atoms with Crippen molar-refractivity contribution in [1.29, 1.82) is 0 Å². The van der Waals surface area contributed by atoms with Crippen molar-refractivity contribution in [3.05, 3.63) is 58.9 Å². The molecule has 0 saturated heterocycles. The van der Waals surface area contributed by atoms with Crippen LogP contribution >= 0.6 is 0 Å². The lowest BCUT2D eigenvalue weighted by molar-refractivity contribution is -0.141. The summed E-state index contributed by atoms with van der Waals surface area (Å²) in [5.41, 5.74) is 3.26. The third kappa shape index (κ3) is 5.31. The molecule has 0 radical (unpaired) electrons. The molecule has 1 aromatic heterocycles. The van der Waals surface area contributed by atoms with E-state index in [1.807, 2.05) is 26.0 Å². The number of nitrogens with zero attached hydrogens (tertiary/aromatic N) is 1. The van der Waals surface area contributed by atoms with Gasteiger partial charge >= 0.3 is 5.97 Å². The van der Waals surface area contributed by atoms with Crippen molar-refractivity contribution in [2.24, 2.45) is 0 Å². The van der Waals surface area contributed by atoms with Crippen LogP contribution in [-0.4, -0.2) is 30.0 Å². The van der Waals surface area contributed by atoms with Crippen molar-refractivity contribution in [2.75, 3.05) is 7.11 Å². The number of carbonyl (C=O) groups is 2. The number of aryl methyl sites for hydroxylation is 2. The normalized spacial score (nSPS) is 11.5. The van der Waals surface area contributed by atoms with Gasteiger partial charge in [0.25, 0.3) is 5.91 Å². The molecule has 0 fully saturated rings. The molecule has 1 heterocycles. The van der Waals surface area contributed by atoms with Gasteiger partial charge in [0.15, 0.2) is 0 Å². The third-order valence-electron chi connectivity index (χ3n) is 3.91. The Morgan fingerprint density at radius 3 is 2.50 bits per heavy atom. The lowest BCUT2D eigenvalue weighted by atomic mass is 10.0. The van der Waals surface area contributed by atoms with E-state index in [1.165, 1.54) is 7.11 Å². The van der Waals surface area contributed by atoms with Crippen LogP contribution in [0.2, 0.25) is 0 Å². The molecule has 1 unspecified atom stereocenters. The zero-order valence-corrected chi connectivity index (χ0v) is 15.5. The standard InChI is InChI=1S/C20H24N2O4/c1-13-8-17(20(24)22-15(3)10-18(23)25-4)9-14(2)19(13)26-12-16-6-5-7-21-11-16/h5-9,11,15H,10,12H2,1-4H3,(H,22,24). The summed E-state index contributed by atoms with van der Waals surface area (Å²) in [4.78, 5) is 27.8. The molecule has 6 nitrogen and oxygen atoms in total. The number of hydrogen-bond donors (Lipinski definition) is 1. The summed E-state index contributed by atoms with van der Waals surface area (Å²) in [5.74, 6) is 0.170. The summed E-state index contributed by atoms with van der Waals surface area (Å²) in [6.07, 6.45) is 3.61. The maximum absolute atomic E-state index is 12.4. The molecule has 0 saturated carbocycles. The molecule has 1 aromatic carbocycles. The molecule has 1 amide bonds. The van der Waals surface area contributed by atoms with E-state index >= 15 is 0 Å². The molecule has 0 aliphatic heterocycles. The first kappa shape index (κ1) is 19.4. The first-order valence-electron chi connectivity index (χ1n) is 8.41. The maximum Gasteiger partial charge on any atom is 0.307 e. The van der Waals surface area contributed by atoms with Crippen LogP contribution in [0.1, 0.15) is 40.4 Å². The second kappa shape index (κ2) is 8.99. The second-order valence-corrected chi connectivity index (χ2v) is 6.24. The molecule has 6 heteroatoms. The average molecular weight is 356 g/mol. The van der Waals surface area contributed by atoms with Gasteiger partial charge in [-0.05, 0) is 50.1 Å². The van der Waals surface area contributed by atoms with E-state index in [2.05, 4.69) is 15.0 Å². The zero-order valence-electron chi connectivity index (χ0n) is 15.5. The fourth-order valence-corrected chi connectivity index (χ4v) is 2.64. The van der Waals surface area contributed by atoms with Crippen LogP contribution in [0.15, 0.2) is 36.7 Å². The highest BCUT2D eigenvalue weighted by Gasteiger charge is 2.16. The molecule has 2 rings (SSSR count). The van der Waals surface area contributed by atoms with E-state index in [0.29, 0.717) is 12.2 Å². The summed E-state index contributed by atoms with van der Waals surface area (Å²) >= 11 is 0. The van der Waals surface area contributed by atoms with Gasteiger partial charge in [-0.25, -0.2) is 0 Å². The summed E-state index contributed by atoms with van der Waals surface area (Å²) in [7, 11) is 1.33. The lowest BCUT2D eigenvalue weighted by Gasteiger charge is -2.16. The minimum absolute atomic E-state index is 0.131. The average Bonchev–Trinajstić information content (AvgIpc) is 2.61. The van der Waals surface area contributed by atoms with Crippen molar-refractivity contribution < 1.29 is 19.1 Å². The first-order chi connectivity index (χ1) is 12.4. The molecule has 26 heavy (non-hydrogen) atoms. The summed E-state index contributed by atoms with van der Waals surface area (Å²) in [6.45, 7) is 5.98. The number of aromatic nitrogens is 1. The zero-order chi connectivity index (χ0) is 19.1. The number of rotatable bonds is 7. The quantitative estimate of drug-likeness (QED) is 0.772. The molecule has 0 bridgehead atoms. The van der Waals surface area contributed by atoms with Gasteiger partial charge in [0.05, 0.1) is 13.5 Å². The summed E-state index contributed by atoms with van der Waals surface area (Å²) < 4.78 is 10.5. The van der Waals surface area contributed by atoms with Crippen LogP contribution in [0, 0.1) is 13.8 Å². The van der Waals surface area contributed by atoms with Crippen LogP contribution < -0.4 is 10.1 Å². The molecule has 1 N–H and O–H groups in total. The van der Waals surface area contributed by atoms with E-state index in [0.717, 1.165) is 22.4 Å². The van der Waals surface area contributed by atoms with Crippen molar-refractivity contribution in [2.45, 2.75) is 39.8 Å². The number of ether oxygens (including phenoxy) is 2. The smallest absolute Gasteiger partial charge is 0.307 e. The van der Waals surface area contributed by atoms with Crippen molar-refractivity contribution in [3.63, 3.8) is 0 Å². The van der Waals surface area contributed by atoms with Crippen molar-refractivity contribution in [1.82, 2.24) is 10.3 Å². The number of esters is 1. The highest BCUT2D eigenvalue weighted by Crippen LogP contribution is 2.26. The van der Waals surface area contributed by atoms with Crippen LogP contribution in [0.25, 0.3) is 0 Å². The fourth-order valence-electron chi connectivity index (χ4n) is 2.64. The lowest BCUT2D eigenvalue weighted by Crippen LogP contribution is -2.34. The van der Waals surface area contributed by atoms with E-state index < -0.39 is 0 Å². The van der Waals surface area contributed by atoms with Crippen LogP contribution in [0.4, 0.5) is 0 Å². The molecule has 138 valence electrons. The SMILES string of the molecule is COC(=O)CC(C)NC(=O)c1cc(C)c(OCc2cccnc2)c(C)c1. The van der Waals surface area contributed by atoms with E-state index in [-0.39, 0.29) is 24.3 Å². The van der Waals surface area contributed by atoms with Gasteiger partial charge in [-0.2, -0.15) is 0 Å². The van der Waals surface area contributed by atoms with Gasteiger partial charge in [0, 0.05) is 29.6 Å². The molecule has 0 aliphatic carbocycles. The van der Waals surface area contributed by atoms with E-state index in [9.17, 15) is 9.59 Å². The number of benzene rings is 1. The Morgan fingerprint density at radius 1 is 1.23 bits per heavy atom. The molecule has 0 aliphatic rings. The topological polar surface area (TPSA) is 77.5 Å². The number of methoxy groups -OCH3 is 1. The monoisotopic (exact) mass is 356 g/mol. The minimum atomic E-state index is -0.357. The van der Waals surface area contributed by atoms with Crippen molar-refractivity contribution >= 4 is 11.9 Å². The largest absolute Gasteiger partial charge is 0.488 e. The molecule has 0 spiro atoms. The van der Waals surface area contributed by atoms with Crippen molar-refractivity contribution in [3.8, 4) is 5.75 Å². The van der Waals surface area contributed by atoms with Gasteiger partial charge in [-0.1, -0.05) is 6.07 Å². The van der Waals surface area contributed by atoms with Crippen LogP contribution in [-0.2, 0) is 16.1 Å². The number of hydrogen-bond acceptors (Lipinski definition) is 5.